The molecule has 2 aromatic rings. The van der Waals surface area contributed by atoms with E-state index in [4.69, 9.17) is 0 Å². The van der Waals surface area contributed by atoms with Crippen LogP contribution in [0.3, 0.4) is 0 Å². The number of carbonyl (C=O) groups is 1. The summed E-state index contributed by atoms with van der Waals surface area (Å²) in [5, 5.41) is 2.08. The normalized spacial score (nSPS) is 11.3. The number of halogens is 3. The summed E-state index contributed by atoms with van der Waals surface area (Å²) < 4.78 is 37.4. The lowest BCUT2D eigenvalue weighted by Crippen LogP contribution is -2.22. The van der Waals surface area contributed by atoms with E-state index in [1.165, 1.54) is 17.3 Å². The number of anilines is 1. The molecule has 118 valence electrons. The molecule has 0 atom stereocenters. The van der Waals surface area contributed by atoms with Gasteiger partial charge in [0.15, 0.2) is 5.01 Å². The van der Waals surface area contributed by atoms with Crippen LogP contribution < -0.4 is 5.32 Å². The Balaban J connectivity index is 2.04. The number of thiazole rings is 1. The first-order chi connectivity index (χ1) is 10.3. The highest BCUT2D eigenvalue weighted by atomic mass is 32.1. The summed E-state index contributed by atoms with van der Waals surface area (Å²) in [5.41, 5.74) is 0.859. The maximum atomic E-state index is 12.5. The van der Waals surface area contributed by atoms with Crippen molar-refractivity contribution in [1.82, 2.24) is 14.9 Å². The van der Waals surface area contributed by atoms with Crippen molar-refractivity contribution in [3.05, 3.63) is 40.1 Å². The highest BCUT2D eigenvalue weighted by Crippen LogP contribution is 2.32. The molecule has 0 aliphatic carbocycles. The largest absolute Gasteiger partial charge is 0.443 e. The minimum Gasteiger partial charge on any atom is -0.380 e. The van der Waals surface area contributed by atoms with Crippen molar-refractivity contribution in [3.8, 4) is 0 Å². The second kappa shape index (κ2) is 6.30. The van der Waals surface area contributed by atoms with Crippen molar-refractivity contribution in [2.24, 2.45) is 0 Å². The number of carbonyl (C=O) groups excluding carboxylic acids is 1. The Morgan fingerprint density at radius 3 is 2.68 bits per heavy atom. The lowest BCUT2D eigenvalue weighted by Gasteiger charge is -2.10. The lowest BCUT2D eigenvalue weighted by molar-refractivity contribution is -0.137. The molecule has 0 saturated heterocycles. The van der Waals surface area contributed by atoms with Gasteiger partial charge in [0, 0.05) is 37.1 Å². The van der Waals surface area contributed by atoms with E-state index in [0.29, 0.717) is 21.9 Å². The van der Waals surface area contributed by atoms with E-state index in [1.807, 2.05) is 0 Å². The molecule has 0 aromatic carbocycles. The fourth-order valence-electron chi connectivity index (χ4n) is 1.60. The third kappa shape index (κ3) is 3.94. The van der Waals surface area contributed by atoms with Gasteiger partial charge >= 0.3 is 6.18 Å². The average molecular weight is 330 g/mol. The second-order valence-corrected chi connectivity index (χ2v) is 5.73. The molecule has 0 unspecified atom stereocenters. The Morgan fingerprint density at radius 1 is 1.36 bits per heavy atom. The number of alkyl halides is 3. The zero-order chi connectivity index (χ0) is 16.3. The van der Waals surface area contributed by atoms with Gasteiger partial charge in [0.1, 0.15) is 5.69 Å². The Hall–Kier alpha value is -2.16. The summed E-state index contributed by atoms with van der Waals surface area (Å²) in [7, 11) is 3.22. The van der Waals surface area contributed by atoms with Gasteiger partial charge in [-0.3, -0.25) is 9.78 Å². The van der Waals surface area contributed by atoms with Gasteiger partial charge in [0.2, 0.25) is 0 Å². The Kier molecular flexibility index (Phi) is 4.65. The highest BCUT2D eigenvalue weighted by molar-refractivity contribution is 7.11. The van der Waals surface area contributed by atoms with Crippen LogP contribution in [0.5, 0.6) is 0 Å². The van der Waals surface area contributed by atoms with Crippen molar-refractivity contribution in [2.45, 2.75) is 12.7 Å². The van der Waals surface area contributed by atoms with E-state index in [9.17, 15) is 18.0 Å². The first-order valence-electron chi connectivity index (χ1n) is 6.21. The zero-order valence-corrected chi connectivity index (χ0v) is 12.6. The fraction of sp³-hybridized carbons (Fsp3) is 0.308. The van der Waals surface area contributed by atoms with Gasteiger partial charge < -0.3 is 10.2 Å². The third-order valence-corrected chi connectivity index (χ3v) is 3.69. The minimum atomic E-state index is -4.43. The van der Waals surface area contributed by atoms with Crippen LogP contribution in [0.1, 0.15) is 20.4 Å². The van der Waals surface area contributed by atoms with Gasteiger partial charge in [-0.15, -0.1) is 11.3 Å². The van der Waals surface area contributed by atoms with Crippen LogP contribution in [-0.4, -0.2) is 34.9 Å². The number of pyridine rings is 1. The standard InChI is InChI=1S/C13H13F3N4OS/c1-20(2)11(21)10-5-8(3-4-17-10)18-6-9-7-19-12(22-9)13(14,15)16/h3-5,7H,6H2,1-2H3,(H,17,18). The molecule has 2 heterocycles. The number of hydrogen-bond donors (Lipinski definition) is 1. The van der Waals surface area contributed by atoms with Gasteiger partial charge in [-0.25, -0.2) is 4.98 Å². The summed E-state index contributed by atoms with van der Waals surface area (Å²) in [5.74, 6) is -0.249. The number of nitrogens with zero attached hydrogens (tertiary/aromatic N) is 3. The van der Waals surface area contributed by atoms with Crippen molar-refractivity contribution < 1.29 is 18.0 Å². The number of rotatable bonds is 4. The Bertz CT molecular complexity index is 669. The van der Waals surface area contributed by atoms with Crippen LogP contribution in [0.15, 0.2) is 24.5 Å². The summed E-state index contributed by atoms with van der Waals surface area (Å²) in [6, 6.07) is 3.19. The molecule has 0 bridgehead atoms. The average Bonchev–Trinajstić information content (AvgIpc) is 2.93. The highest BCUT2D eigenvalue weighted by Gasteiger charge is 2.34. The van der Waals surface area contributed by atoms with Crippen LogP contribution in [-0.2, 0) is 12.7 Å². The monoisotopic (exact) mass is 330 g/mol. The summed E-state index contributed by atoms with van der Waals surface area (Å²) >= 11 is 0.585. The quantitative estimate of drug-likeness (QED) is 0.936. The van der Waals surface area contributed by atoms with Crippen molar-refractivity contribution in [2.75, 3.05) is 19.4 Å². The summed E-state index contributed by atoms with van der Waals surface area (Å²) in [4.78, 5) is 20.9. The molecule has 2 aromatic heterocycles. The molecule has 0 spiro atoms. The van der Waals surface area contributed by atoms with Gasteiger partial charge in [0.25, 0.3) is 5.91 Å². The van der Waals surface area contributed by atoms with E-state index in [-0.39, 0.29) is 18.1 Å². The van der Waals surface area contributed by atoms with E-state index in [1.54, 1.807) is 26.2 Å². The van der Waals surface area contributed by atoms with Crippen LogP contribution in [0.25, 0.3) is 0 Å². The summed E-state index contributed by atoms with van der Waals surface area (Å²) in [6.07, 6.45) is -1.77. The van der Waals surface area contributed by atoms with E-state index >= 15 is 0 Å². The Morgan fingerprint density at radius 2 is 2.09 bits per heavy atom. The number of amides is 1. The maximum absolute atomic E-state index is 12.5. The van der Waals surface area contributed by atoms with Crippen LogP contribution >= 0.6 is 11.3 Å². The van der Waals surface area contributed by atoms with Gasteiger partial charge in [-0.05, 0) is 12.1 Å². The van der Waals surface area contributed by atoms with Crippen molar-refractivity contribution in [3.63, 3.8) is 0 Å². The van der Waals surface area contributed by atoms with E-state index in [2.05, 4.69) is 15.3 Å². The van der Waals surface area contributed by atoms with Crippen LogP contribution in [0, 0.1) is 0 Å². The fourth-order valence-corrected chi connectivity index (χ4v) is 2.32. The molecule has 1 amide bonds. The minimum absolute atomic E-state index is 0.188. The molecule has 22 heavy (non-hydrogen) atoms. The number of aromatic nitrogens is 2. The first kappa shape index (κ1) is 16.2. The molecule has 0 radical (unpaired) electrons. The zero-order valence-electron chi connectivity index (χ0n) is 11.8. The van der Waals surface area contributed by atoms with Crippen molar-refractivity contribution >= 4 is 22.9 Å². The van der Waals surface area contributed by atoms with E-state index < -0.39 is 11.2 Å². The SMILES string of the molecule is CN(C)C(=O)c1cc(NCc2cnc(C(F)(F)F)s2)ccn1. The molecule has 1 N–H and O–H groups in total. The lowest BCUT2D eigenvalue weighted by atomic mass is 10.3. The predicted octanol–water partition coefficient (Wildman–Crippen LogP) is 2.87. The van der Waals surface area contributed by atoms with Crippen LogP contribution in [0.4, 0.5) is 18.9 Å². The first-order valence-corrected chi connectivity index (χ1v) is 7.02. The molecule has 9 heteroatoms. The molecule has 0 saturated carbocycles. The smallest absolute Gasteiger partial charge is 0.380 e. The second-order valence-electron chi connectivity index (χ2n) is 4.61. The topological polar surface area (TPSA) is 58.1 Å². The summed E-state index contributed by atoms with van der Waals surface area (Å²) in [6.45, 7) is 0.188. The molecule has 0 fully saturated rings. The molecule has 2 rings (SSSR count). The van der Waals surface area contributed by atoms with E-state index in [0.717, 1.165) is 0 Å². The van der Waals surface area contributed by atoms with Gasteiger partial charge in [0.05, 0.1) is 6.54 Å². The van der Waals surface area contributed by atoms with Gasteiger partial charge in [-0.2, -0.15) is 13.2 Å². The molecular formula is C13H13F3N4OS. The third-order valence-electron chi connectivity index (χ3n) is 2.65. The molecular weight excluding hydrogens is 317 g/mol. The molecule has 0 aliphatic heterocycles. The maximum Gasteiger partial charge on any atom is 0.443 e. The Labute approximate surface area is 128 Å². The van der Waals surface area contributed by atoms with Crippen molar-refractivity contribution in [1.29, 1.82) is 0 Å². The number of nitrogens with one attached hydrogen (secondary N) is 1. The van der Waals surface area contributed by atoms with Crippen LogP contribution in [0.2, 0.25) is 0 Å². The predicted molar refractivity (Wildman–Crippen MR) is 76.7 cm³/mol. The molecule has 5 nitrogen and oxygen atoms in total. The number of hydrogen-bond acceptors (Lipinski definition) is 5. The van der Waals surface area contributed by atoms with Gasteiger partial charge in [-0.1, -0.05) is 0 Å². The molecule has 0 aliphatic rings.